The molecule has 1 aliphatic carbocycles. The highest BCUT2D eigenvalue weighted by molar-refractivity contribution is 7.89. The lowest BCUT2D eigenvalue weighted by molar-refractivity contribution is 0.330. The maximum Gasteiger partial charge on any atom is 0.264 e. The predicted molar refractivity (Wildman–Crippen MR) is 90.6 cm³/mol. The van der Waals surface area contributed by atoms with E-state index in [9.17, 15) is 8.42 Å². The molecular formula is C19H19NO2S. The van der Waals surface area contributed by atoms with Gasteiger partial charge in [-0.15, -0.1) is 0 Å². The zero-order valence-corrected chi connectivity index (χ0v) is 13.8. The molecule has 2 unspecified atom stereocenters. The van der Waals surface area contributed by atoms with E-state index in [2.05, 4.69) is 18.2 Å². The summed E-state index contributed by atoms with van der Waals surface area (Å²) in [6.45, 7) is 1.96. The van der Waals surface area contributed by atoms with E-state index in [0.29, 0.717) is 10.8 Å². The van der Waals surface area contributed by atoms with Crippen molar-refractivity contribution in [1.82, 2.24) is 4.31 Å². The first-order valence-electron chi connectivity index (χ1n) is 7.92. The van der Waals surface area contributed by atoms with Crippen molar-refractivity contribution in [1.29, 1.82) is 0 Å². The van der Waals surface area contributed by atoms with Crippen LogP contribution in [0.5, 0.6) is 0 Å². The highest BCUT2D eigenvalue weighted by atomic mass is 32.2. The Morgan fingerprint density at radius 1 is 1.04 bits per heavy atom. The van der Waals surface area contributed by atoms with Crippen LogP contribution in [0, 0.1) is 6.92 Å². The van der Waals surface area contributed by atoms with Crippen molar-refractivity contribution in [2.75, 3.05) is 0 Å². The maximum atomic E-state index is 13.0. The molecule has 0 spiro atoms. The lowest BCUT2D eigenvalue weighted by atomic mass is 9.79. The summed E-state index contributed by atoms with van der Waals surface area (Å²) in [7, 11) is -3.49. The lowest BCUT2D eigenvalue weighted by Crippen LogP contribution is -2.43. The van der Waals surface area contributed by atoms with E-state index < -0.39 is 10.0 Å². The van der Waals surface area contributed by atoms with Gasteiger partial charge in [0.25, 0.3) is 10.0 Å². The molecule has 0 saturated heterocycles. The second kappa shape index (κ2) is 5.24. The Bertz CT molecular complexity index is 868. The van der Waals surface area contributed by atoms with E-state index in [4.69, 9.17) is 0 Å². The van der Waals surface area contributed by atoms with Crippen LogP contribution in [0.2, 0.25) is 0 Å². The lowest BCUT2D eigenvalue weighted by Gasteiger charge is -2.40. The zero-order chi connectivity index (χ0) is 16.0. The third-order valence-electron chi connectivity index (χ3n) is 4.86. The summed E-state index contributed by atoms with van der Waals surface area (Å²) < 4.78 is 27.5. The van der Waals surface area contributed by atoms with Crippen LogP contribution in [0.15, 0.2) is 65.7 Å². The van der Waals surface area contributed by atoms with Crippen LogP contribution in [-0.2, 0) is 16.4 Å². The molecule has 0 radical (unpaired) electrons. The van der Waals surface area contributed by atoms with Gasteiger partial charge in [0, 0.05) is 18.2 Å². The summed E-state index contributed by atoms with van der Waals surface area (Å²) >= 11 is 0. The molecule has 1 heterocycles. The number of aryl methyl sites for hydroxylation is 1. The van der Waals surface area contributed by atoms with Gasteiger partial charge >= 0.3 is 0 Å². The second-order valence-electron chi connectivity index (χ2n) is 6.39. The molecular weight excluding hydrogens is 306 g/mol. The first-order valence-corrected chi connectivity index (χ1v) is 9.36. The summed E-state index contributed by atoms with van der Waals surface area (Å²) in [6, 6.07) is 15.5. The fourth-order valence-corrected chi connectivity index (χ4v) is 5.14. The van der Waals surface area contributed by atoms with Gasteiger partial charge in [0.2, 0.25) is 0 Å². The van der Waals surface area contributed by atoms with Crippen LogP contribution in [0.4, 0.5) is 0 Å². The van der Waals surface area contributed by atoms with Gasteiger partial charge < -0.3 is 0 Å². The topological polar surface area (TPSA) is 37.4 Å². The molecule has 0 amide bonds. The molecule has 2 aromatic carbocycles. The standard InChI is InChI=1S/C19H19NO2S/c1-14-6-8-18(9-7-14)23(21,22)20-11-10-16-13-17(20)12-15-4-2-3-5-19(15)16/h2-11,16-17H,12-13H2,1H3. The fraction of sp³-hybridized carbons (Fsp3) is 0.263. The van der Waals surface area contributed by atoms with Crippen LogP contribution in [0.25, 0.3) is 0 Å². The van der Waals surface area contributed by atoms with Gasteiger partial charge in [0.1, 0.15) is 0 Å². The summed E-state index contributed by atoms with van der Waals surface area (Å²) in [4.78, 5) is 0.366. The summed E-state index contributed by atoms with van der Waals surface area (Å²) in [5.74, 6) is 0.328. The molecule has 4 heteroatoms. The Kier molecular flexibility index (Phi) is 3.31. The van der Waals surface area contributed by atoms with E-state index in [1.54, 1.807) is 22.6 Å². The minimum Gasteiger partial charge on any atom is -0.270 e. The fourth-order valence-electron chi connectivity index (χ4n) is 3.63. The largest absolute Gasteiger partial charge is 0.270 e. The average Bonchev–Trinajstić information content (AvgIpc) is 2.55. The van der Waals surface area contributed by atoms with Crippen molar-refractivity contribution in [3.8, 4) is 0 Å². The van der Waals surface area contributed by atoms with Crippen molar-refractivity contribution in [2.24, 2.45) is 0 Å². The number of sulfonamides is 1. The number of nitrogens with zero attached hydrogens (tertiary/aromatic N) is 1. The molecule has 118 valence electrons. The molecule has 0 fully saturated rings. The van der Waals surface area contributed by atoms with E-state index >= 15 is 0 Å². The van der Waals surface area contributed by atoms with E-state index in [1.165, 1.54) is 11.1 Å². The highest BCUT2D eigenvalue weighted by Gasteiger charge is 2.37. The first kappa shape index (κ1) is 14.5. The smallest absolute Gasteiger partial charge is 0.264 e. The SMILES string of the molecule is Cc1ccc(S(=O)(=O)N2C=CC3CC2Cc2ccccc23)cc1. The van der Waals surface area contributed by atoms with Gasteiger partial charge in [-0.3, -0.25) is 4.31 Å². The maximum absolute atomic E-state index is 13.0. The zero-order valence-electron chi connectivity index (χ0n) is 13.0. The molecule has 3 nitrogen and oxygen atoms in total. The van der Waals surface area contributed by atoms with Crippen LogP contribution in [0.3, 0.4) is 0 Å². The predicted octanol–water partition coefficient (Wildman–Crippen LogP) is 3.61. The van der Waals surface area contributed by atoms with E-state index in [1.807, 2.05) is 31.2 Å². The molecule has 2 bridgehead atoms. The molecule has 2 aliphatic rings. The van der Waals surface area contributed by atoms with Crippen LogP contribution >= 0.6 is 0 Å². The van der Waals surface area contributed by atoms with Gasteiger partial charge in [-0.25, -0.2) is 8.42 Å². The average molecular weight is 325 g/mol. The number of benzene rings is 2. The number of allylic oxidation sites excluding steroid dienone is 1. The van der Waals surface area contributed by atoms with Gasteiger partial charge in [-0.05, 0) is 43.0 Å². The van der Waals surface area contributed by atoms with Gasteiger partial charge in [0.15, 0.2) is 0 Å². The Hall–Kier alpha value is -2.07. The normalized spacial score (nSPS) is 22.7. The molecule has 4 rings (SSSR count). The van der Waals surface area contributed by atoms with Gasteiger partial charge in [-0.2, -0.15) is 0 Å². The minimum atomic E-state index is -3.49. The van der Waals surface area contributed by atoms with E-state index in [-0.39, 0.29) is 6.04 Å². The molecule has 0 saturated carbocycles. The molecule has 2 atom stereocenters. The summed E-state index contributed by atoms with van der Waals surface area (Å²) in [6.07, 6.45) is 5.44. The third-order valence-corrected chi connectivity index (χ3v) is 6.70. The first-order chi connectivity index (χ1) is 11.1. The second-order valence-corrected chi connectivity index (χ2v) is 8.23. The monoisotopic (exact) mass is 325 g/mol. The number of rotatable bonds is 2. The Balaban J connectivity index is 1.72. The van der Waals surface area contributed by atoms with Crippen LogP contribution in [0.1, 0.15) is 29.0 Å². The van der Waals surface area contributed by atoms with Crippen molar-refractivity contribution in [2.45, 2.75) is 36.6 Å². The Morgan fingerprint density at radius 3 is 2.57 bits per heavy atom. The van der Waals surface area contributed by atoms with Gasteiger partial charge in [0.05, 0.1) is 4.90 Å². The Labute approximate surface area is 137 Å². The number of fused-ring (bicyclic) bond motifs is 4. The molecule has 0 N–H and O–H groups in total. The van der Waals surface area contributed by atoms with Crippen LogP contribution in [-0.4, -0.2) is 18.8 Å². The van der Waals surface area contributed by atoms with Gasteiger partial charge in [-0.1, -0.05) is 48.0 Å². The summed E-state index contributed by atoms with van der Waals surface area (Å²) in [5, 5.41) is 0. The molecule has 1 aliphatic heterocycles. The highest BCUT2D eigenvalue weighted by Crippen LogP contribution is 2.39. The molecule has 2 aromatic rings. The van der Waals surface area contributed by atoms with Crippen molar-refractivity contribution in [3.63, 3.8) is 0 Å². The third kappa shape index (κ3) is 2.38. The van der Waals surface area contributed by atoms with Crippen molar-refractivity contribution >= 4 is 10.0 Å². The summed E-state index contributed by atoms with van der Waals surface area (Å²) in [5.41, 5.74) is 3.67. The van der Waals surface area contributed by atoms with Crippen LogP contribution < -0.4 is 0 Å². The van der Waals surface area contributed by atoms with Crippen molar-refractivity contribution in [3.05, 3.63) is 77.5 Å². The number of hydrogen-bond donors (Lipinski definition) is 0. The Morgan fingerprint density at radius 2 is 1.78 bits per heavy atom. The van der Waals surface area contributed by atoms with Crippen molar-refractivity contribution < 1.29 is 8.42 Å². The molecule has 0 aromatic heterocycles. The minimum absolute atomic E-state index is 0.00574. The quantitative estimate of drug-likeness (QED) is 0.846. The number of hydrogen-bond acceptors (Lipinski definition) is 2. The molecule has 23 heavy (non-hydrogen) atoms. The van der Waals surface area contributed by atoms with E-state index in [0.717, 1.165) is 18.4 Å².